The summed E-state index contributed by atoms with van der Waals surface area (Å²) >= 11 is 0. The Hall–Kier alpha value is -2.46. The lowest BCUT2D eigenvalue weighted by atomic mass is 10.2. The van der Waals surface area contributed by atoms with E-state index in [2.05, 4.69) is 0 Å². The van der Waals surface area contributed by atoms with E-state index >= 15 is 0 Å². The Morgan fingerprint density at radius 3 is 2.43 bits per heavy atom. The van der Waals surface area contributed by atoms with Crippen LogP contribution in [0.5, 0.6) is 0 Å². The van der Waals surface area contributed by atoms with E-state index < -0.39 is 10.8 Å². The summed E-state index contributed by atoms with van der Waals surface area (Å²) in [5, 5.41) is 0. The van der Waals surface area contributed by atoms with Crippen LogP contribution in [0.25, 0.3) is 0 Å². The summed E-state index contributed by atoms with van der Waals surface area (Å²) in [6, 6.07) is 16.7. The molecular weight excluding hydrogens is 306 g/mol. The molecule has 1 unspecified atom stereocenters. The molecule has 0 radical (unpaired) electrons. The molecule has 3 rings (SSSR count). The number of nitrogens with zero attached hydrogens (tertiary/aromatic N) is 1. The Morgan fingerprint density at radius 1 is 1.04 bits per heavy atom. The Labute approximate surface area is 138 Å². The van der Waals surface area contributed by atoms with E-state index in [0.29, 0.717) is 12.0 Å². The minimum absolute atomic E-state index is 0.125. The maximum Gasteiger partial charge on any atom is 0.261 e. The van der Waals surface area contributed by atoms with Crippen LogP contribution in [0.2, 0.25) is 0 Å². The summed E-state index contributed by atoms with van der Waals surface area (Å²) in [7, 11) is -1.26. The molecule has 1 heterocycles. The first-order valence-electron chi connectivity index (χ1n) is 7.38. The number of allylic oxidation sites excluding steroid dienone is 2. The quantitative estimate of drug-likeness (QED) is 0.856. The van der Waals surface area contributed by atoms with Crippen molar-refractivity contribution in [3.63, 3.8) is 0 Å². The SMILES string of the molecule is Cc1ccc(S(=O)C2=CN(C(=O)c3ccccc3)C=CC2)cc1. The molecule has 0 fully saturated rings. The zero-order valence-corrected chi connectivity index (χ0v) is 13.6. The number of aryl methyl sites for hydroxylation is 1. The Kier molecular flexibility index (Phi) is 4.53. The van der Waals surface area contributed by atoms with Gasteiger partial charge in [0.15, 0.2) is 0 Å². The van der Waals surface area contributed by atoms with E-state index in [0.717, 1.165) is 15.4 Å². The van der Waals surface area contributed by atoms with Crippen molar-refractivity contribution in [2.24, 2.45) is 0 Å². The van der Waals surface area contributed by atoms with Crippen LogP contribution in [0.3, 0.4) is 0 Å². The molecule has 2 aromatic rings. The number of benzene rings is 2. The number of carbonyl (C=O) groups is 1. The van der Waals surface area contributed by atoms with Gasteiger partial charge in [-0.15, -0.1) is 0 Å². The highest BCUT2D eigenvalue weighted by atomic mass is 32.2. The zero-order valence-electron chi connectivity index (χ0n) is 12.8. The van der Waals surface area contributed by atoms with Gasteiger partial charge in [-0.3, -0.25) is 9.69 Å². The van der Waals surface area contributed by atoms with Crippen molar-refractivity contribution in [2.45, 2.75) is 18.2 Å². The fourth-order valence-corrected chi connectivity index (χ4v) is 3.47. The maximum absolute atomic E-state index is 12.7. The van der Waals surface area contributed by atoms with Crippen molar-refractivity contribution in [3.05, 3.63) is 89.1 Å². The van der Waals surface area contributed by atoms with Crippen LogP contribution < -0.4 is 0 Å². The number of amides is 1. The van der Waals surface area contributed by atoms with Crippen molar-refractivity contribution in [1.82, 2.24) is 4.90 Å². The first-order valence-corrected chi connectivity index (χ1v) is 8.53. The molecule has 0 saturated carbocycles. The van der Waals surface area contributed by atoms with E-state index in [-0.39, 0.29) is 5.91 Å². The monoisotopic (exact) mass is 323 g/mol. The van der Waals surface area contributed by atoms with E-state index in [4.69, 9.17) is 0 Å². The van der Waals surface area contributed by atoms with Gasteiger partial charge in [0.2, 0.25) is 0 Å². The third-order valence-electron chi connectivity index (χ3n) is 3.60. The maximum atomic E-state index is 12.7. The van der Waals surface area contributed by atoms with Gasteiger partial charge < -0.3 is 0 Å². The third kappa shape index (κ3) is 3.48. The van der Waals surface area contributed by atoms with Gasteiger partial charge in [-0.2, -0.15) is 0 Å². The van der Waals surface area contributed by atoms with Crippen LogP contribution in [0.4, 0.5) is 0 Å². The van der Waals surface area contributed by atoms with Crippen LogP contribution in [-0.4, -0.2) is 15.0 Å². The second kappa shape index (κ2) is 6.75. The van der Waals surface area contributed by atoms with Gasteiger partial charge in [0, 0.05) is 34.2 Å². The number of hydrogen-bond donors (Lipinski definition) is 0. The molecule has 0 bridgehead atoms. The molecular formula is C19H17NO2S. The average molecular weight is 323 g/mol. The molecule has 0 N–H and O–H groups in total. The Morgan fingerprint density at radius 2 is 1.74 bits per heavy atom. The van der Waals surface area contributed by atoms with E-state index in [1.165, 1.54) is 4.90 Å². The average Bonchev–Trinajstić information content (AvgIpc) is 2.62. The van der Waals surface area contributed by atoms with E-state index in [1.807, 2.05) is 55.5 Å². The van der Waals surface area contributed by atoms with Crippen molar-refractivity contribution in [1.29, 1.82) is 0 Å². The molecule has 0 saturated heterocycles. The van der Waals surface area contributed by atoms with Crippen molar-refractivity contribution in [2.75, 3.05) is 0 Å². The number of rotatable bonds is 3. The zero-order chi connectivity index (χ0) is 16.2. The standard InChI is InChI=1S/C19H17NO2S/c1-15-9-11-17(12-10-15)23(22)18-8-5-13-20(14-18)19(21)16-6-3-2-4-7-16/h2-7,9-14H,8H2,1H3. The fourth-order valence-electron chi connectivity index (χ4n) is 2.33. The third-order valence-corrected chi connectivity index (χ3v) is 5.05. The first-order chi connectivity index (χ1) is 11.1. The highest BCUT2D eigenvalue weighted by Crippen LogP contribution is 2.23. The molecule has 0 spiro atoms. The summed E-state index contributed by atoms with van der Waals surface area (Å²) in [6.45, 7) is 2.00. The molecule has 4 heteroatoms. The van der Waals surface area contributed by atoms with Gasteiger partial charge in [-0.1, -0.05) is 42.0 Å². The van der Waals surface area contributed by atoms with Gasteiger partial charge in [0.1, 0.15) is 0 Å². The van der Waals surface area contributed by atoms with E-state index in [9.17, 15) is 9.00 Å². The topological polar surface area (TPSA) is 37.4 Å². The van der Waals surface area contributed by atoms with E-state index in [1.54, 1.807) is 24.5 Å². The highest BCUT2D eigenvalue weighted by molar-refractivity contribution is 7.89. The predicted octanol–water partition coefficient (Wildman–Crippen LogP) is 4.00. The molecule has 1 aliphatic rings. The first kappa shape index (κ1) is 15.4. The van der Waals surface area contributed by atoms with Crippen molar-refractivity contribution >= 4 is 16.7 Å². The van der Waals surface area contributed by atoms with Gasteiger partial charge >= 0.3 is 0 Å². The van der Waals surface area contributed by atoms with Crippen LogP contribution in [0, 0.1) is 6.92 Å². The molecule has 1 atom stereocenters. The second-order valence-corrected chi connectivity index (χ2v) is 6.88. The van der Waals surface area contributed by atoms with Crippen molar-refractivity contribution in [3.8, 4) is 0 Å². The summed E-state index contributed by atoms with van der Waals surface area (Å²) in [5.41, 5.74) is 1.74. The Balaban J connectivity index is 1.84. The molecule has 2 aromatic carbocycles. The smallest absolute Gasteiger partial charge is 0.261 e. The van der Waals surface area contributed by atoms with Crippen molar-refractivity contribution < 1.29 is 9.00 Å². The minimum atomic E-state index is -1.26. The molecule has 0 aromatic heterocycles. The Bertz CT molecular complexity index is 792. The predicted molar refractivity (Wildman–Crippen MR) is 92.0 cm³/mol. The molecule has 23 heavy (non-hydrogen) atoms. The number of carbonyl (C=O) groups excluding carboxylic acids is 1. The minimum Gasteiger partial charge on any atom is -0.290 e. The summed E-state index contributed by atoms with van der Waals surface area (Å²) in [4.78, 5) is 15.5. The summed E-state index contributed by atoms with van der Waals surface area (Å²) in [5.74, 6) is -0.125. The second-order valence-electron chi connectivity index (χ2n) is 5.34. The van der Waals surface area contributed by atoms with Crippen LogP contribution in [0.15, 0.2) is 82.9 Å². The fraction of sp³-hybridized carbons (Fsp3) is 0.105. The molecule has 3 nitrogen and oxygen atoms in total. The summed E-state index contributed by atoms with van der Waals surface area (Å²) < 4.78 is 12.7. The normalized spacial score (nSPS) is 15.2. The van der Waals surface area contributed by atoms with Gasteiger partial charge in [0.05, 0.1) is 10.8 Å². The number of hydrogen-bond acceptors (Lipinski definition) is 2. The molecule has 116 valence electrons. The highest BCUT2D eigenvalue weighted by Gasteiger charge is 2.18. The van der Waals surface area contributed by atoms with Crippen LogP contribution in [-0.2, 0) is 10.8 Å². The lowest BCUT2D eigenvalue weighted by Gasteiger charge is -2.19. The molecule has 1 aliphatic heterocycles. The lowest BCUT2D eigenvalue weighted by Crippen LogP contribution is -2.23. The molecule has 0 aliphatic carbocycles. The summed E-state index contributed by atoms with van der Waals surface area (Å²) in [6.07, 6.45) is 5.86. The van der Waals surface area contributed by atoms with Gasteiger partial charge in [0.25, 0.3) is 5.91 Å². The van der Waals surface area contributed by atoms with Crippen LogP contribution >= 0.6 is 0 Å². The largest absolute Gasteiger partial charge is 0.290 e. The van der Waals surface area contributed by atoms with Gasteiger partial charge in [-0.05, 0) is 31.2 Å². The van der Waals surface area contributed by atoms with Crippen LogP contribution in [0.1, 0.15) is 22.3 Å². The lowest BCUT2D eigenvalue weighted by molar-refractivity contribution is 0.0867. The molecule has 1 amide bonds. The van der Waals surface area contributed by atoms with Gasteiger partial charge in [-0.25, -0.2) is 4.21 Å².